The third kappa shape index (κ3) is 5.34. The maximum atomic E-state index is 11.4. The van der Waals surface area contributed by atoms with Gasteiger partial charge in [0.1, 0.15) is 0 Å². The zero-order chi connectivity index (χ0) is 12.0. The SMILES string of the molecule is CCOC(=O)C(OC(=O)C(C)C)C(C)I. The van der Waals surface area contributed by atoms with Crippen LogP contribution in [0.3, 0.4) is 0 Å². The predicted molar refractivity (Wildman–Crippen MR) is 64.8 cm³/mol. The van der Waals surface area contributed by atoms with Gasteiger partial charge in [0.25, 0.3) is 0 Å². The Kier molecular flexibility index (Phi) is 6.87. The zero-order valence-corrected chi connectivity index (χ0v) is 11.6. The highest BCUT2D eigenvalue weighted by Gasteiger charge is 2.29. The van der Waals surface area contributed by atoms with E-state index in [1.165, 1.54) is 0 Å². The molecule has 5 heteroatoms. The van der Waals surface area contributed by atoms with Crippen LogP contribution in [0.2, 0.25) is 0 Å². The highest BCUT2D eigenvalue weighted by atomic mass is 127. The van der Waals surface area contributed by atoms with E-state index in [0.717, 1.165) is 0 Å². The van der Waals surface area contributed by atoms with Crippen molar-refractivity contribution in [3.8, 4) is 0 Å². The molecule has 0 heterocycles. The summed E-state index contributed by atoms with van der Waals surface area (Å²) in [5.41, 5.74) is 0. The molecular weight excluding hydrogens is 311 g/mol. The number of hydrogen-bond acceptors (Lipinski definition) is 4. The van der Waals surface area contributed by atoms with E-state index in [4.69, 9.17) is 9.47 Å². The summed E-state index contributed by atoms with van der Waals surface area (Å²) in [5.74, 6) is -1.10. The molecule has 0 radical (unpaired) electrons. The molecule has 0 aliphatic heterocycles. The largest absolute Gasteiger partial charge is 0.463 e. The molecule has 0 fully saturated rings. The Morgan fingerprint density at radius 1 is 1.20 bits per heavy atom. The van der Waals surface area contributed by atoms with Crippen molar-refractivity contribution < 1.29 is 19.1 Å². The molecular formula is C10H17IO4. The molecule has 0 saturated carbocycles. The summed E-state index contributed by atoms with van der Waals surface area (Å²) in [6.07, 6.45) is -0.805. The summed E-state index contributed by atoms with van der Waals surface area (Å²) in [5, 5.41) is 0. The molecule has 0 N–H and O–H groups in total. The fraction of sp³-hybridized carbons (Fsp3) is 0.800. The monoisotopic (exact) mass is 328 g/mol. The molecule has 0 aromatic heterocycles. The quantitative estimate of drug-likeness (QED) is 0.440. The summed E-state index contributed by atoms with van der Waals surface area (Å²) >= 11 is 2.04. The van der Waals surface area contributed by atoms with Crippen LogP contribution in [0.1, 0.15) is 27.7 Å². The van der Waals surface area contributed by atoms with Crippen molar-refractivity contribution in [3.63, 3.8) is 0 Å². The van der Waals surface area contributed by atoms with Crippen LogP contribution in [-0.4, -0.2) is 28.6 Å². The van der Waals surface area contributed by atoms with E-state index < -0.39 is 12.1 Å². The Hall–Kier alpha value is -0.330. The van der Waals surface area contributed by atoms with Crippen LogP contribution in [0, 0.1) is 5.92 Å². The summed E-state index contributed by atoms with van der Waals surface area (Å²) < 4.78 is 9.78. The van der Waals surface area contributed by atoms with E-state index in [1.54, 1.807) is 27.7 Å². The minimum Gasteiger partial charge on any atom is -0.463 e. The topological polar surface area (TPSA) is 52.6 Å². The Balaban J connectivity index is 4.41. The van der Waals surface area contributed by atoms with E-state index in [2.05, 4.69) is 0 Å². The fourth-order valence-electron chi connectivity index (χ4n) is 0.815. The molecule has 0 aliphatic rings. The van der Waals surface area contributed by atoms with E-state index in [9.17, 15) is 9.59 Å². The molecule has 2 atom stereocenters. The standard InChI is InChI=1S/C10H17IO4/c1-5-14-10(13)8(7(4)11)15-9(12)6(2)3/h6-8H,5H2,1-4H3. The van der Waals surface area contributed by atoms with Gasteiger partial charge in [-0.3, -0.25) is 4.79 Å². The smallest absolute Gasteiger partial charge is 0.348 e. The van der Waals surface area contributed by atoms with Crippen molar-refractivity contribution in [1.29, 1.82) is 0 Å². The second kappa shape index (κ2) is 7.03. The van der Waals surface area contributed by atoms with Gasteiger partial charge in [-0.1, -0.05) is 36.4 Å². The van der Waals surface area contributed by atoms with Crippen molar-refractivity contribution >= 4 is 34.5 Å². The number of carbonyl (C=O) groups excluding carboxylic acids is 2. The van der Waals surface area contributed by atoms with Gasteiger partial charge < -0.3 is 9.47 Å². The van der Waals surface area contributed by atoms with Crippen molar-refractivity contribution in [2.24, 2.45) is 5.92 Å². The van der Waals surface area contributed by atoms with Gasteiger partial charge in [0, 0.05) is 0 Å². The lowest BCUT2D eigenvalue weighted by atomic mass is 10.2. The van der Waals surface area contributed by atoms with Crippen LogP contribution in [-0.2, 0) is 19.1 Å². The second-order valence-corrected chi connectivity index (χ2v) is 5.41. The number of ether oxygens (including phenoxy) is 2. The number of rotatable bonds is 5. The van der Waals surface area contributed by atoms with Gasteiger partial charge in [-0.25, -0.2) is 4.79 Å². The minimum atomic E-state index is -0.805. The first-order valence-corrected chi connectivity index (χ1v) is 6.15. The first-order valence-electron chi connectivity index (χ1n) is 4.91. The van der Waals surface area contributed by atoms with E-state index in [0.29, 0.717) is 0 Å². The lowest BCUT2D eigenvalue weighted by Gasteiger charge is -2.19. The lowest BCUT2D eigenvalue weighted by molar-refractivity contribution is -0.169. The van der Waals surface area contributed by atoms with Gasteiger partial charge in [0.2, 0.25) is 6.10 Å². The number of halogens is 1. The van der Waals surface area contributed by atoms with Crippen molar-refractivity contribution in [2.75, 3.05) is 6.61 Å². The third-order valence-corrected chi connectivity index (χ3v) is 2.30. The van der Waals surface area contributed by atoms with Crippen LogP contribution in [0.4, 0.5) is 0 Å². The summed E-state index contributed by atoms with van der Waals surface area (Å²) in [6, 6.07) is 0. The number of esters is 2. The molecule has 0 rings (SSSR count). The zero-order valence-electron chi connectivity index (χ0n) is 9.45. The highest BCUT2D eigenvalue weighted by Crippen LogP contribution is 2.13. The average Bonchev–Trinajstić information content (AvgIpc) is 2.13. The summed E-state index contributed by atoms with van der Waals surface area (Å²) in [6.45, 7) is 7.26. The van der Waals surface area contributed by atoms with Gasteiger partial charge in [-0.05, 0) is 13.8 Å². The maximum absolute atomic E-state index is 11.4. The molecule has 2 unspecified atom stereocenters. The van der Waals surface area contributed by atoms with Crippen LogP contribution >= 0.6 is 22.6 Å². The van der Waals surface area contributed by atoms with Gasteiger partial charge in [0.15, 0.2) is 0 Å². The Labute approximate surface area is 104 Å². The van der Waals surface area contributed by atoms with Crippen LogP contribution in [0.15, 0.2) is 0 Å². The fourth-order valence-corrected chi connectivity index (χ4v) is 1.26. The Morgan fingerprint density at radius 3 is 2.07 bits per heavy atom. The summed E-state index contributed by atoms with van der Waals surface area (Å²) in [7, 11) is 0. The summed E-state index contributed by atoms with van der Waals surface area (Å²) in [4.78, 5) is 22.8. The van der Waals surface area contributed by atoms with Crippen LogP contribution in [0.25, 0.3) is 0 Å². The molecule has 0 amide bonds. The van der Waals surface area contributed by atoms with E-state index in [-0.39, 0.29) is 22.4 Å². The molecule has 0 spiro atoms. The third-order valence-electron chi connectivity index (χ3n) is 1.65. The molecule has 0 saturated heterocycles. The molecule has 0 aliphatic carbocycles. The maximum Gasteiger partial charge on any atom is 0.348 e. The predicted octanol–water partition coefficient (Wildman–Crippen LogP) is 1.94. The van der Waals surface area contributed by atoms with Gasteiger partial charge in [-0.2, -0.15) is 0 Å². The average molecular weight is 328 g/mol. The Morgan fingerprint density at radius 2 is 1.73 bits per heavy atom. The van der Waals surface area contributed by atoms with E-state index >= 15 is 0 Å². The number of hydrogen-bond donors (Lipinski definition) is 0. The first-order chi connectivity index (χ1) is 6.90. The van der Waals surface area contributed by atoms with Crippen LogP contribution < -0.4 is 0 Å². The van der Waals surface area contributed by atoms with Gasteiger partial charge in [-0.15, -0.1) is 0 Å². The number of carbonyl (C=O) groups is 2. The van der Waals surface area contributed by atoms with Crippen molar-refractivity contribution in [3.05, 3.63) is 0 Å². The van der Waals surface area contributed by atoms with Gasteiger partial charge >= 0.3 is 11.9 Å². The van der Waals surface area contributed by atoms with Crippen molar-refractivity contribution in [1.82, 2.24) is 0 Å². The molecule has 0 aromatic carbocycles. The first kappa shape index (κ1) is 14.7. The molecule has 88 valence electrons. The van der Waals surface area contributed by atoms with Crippen LogP contribution in [0.5, 0.6) is 0 Å². The Bertz CT molecular complexity index is 225. The molecule has 15 heavy (non-hydrogen) atoms. The van der Waals surface area contributed by atoms with Crippen molar-refractivity contribution in [2.45, 2.75) is 37.7 Å². The van der Waals surface area contributed by atoms with Gasteiger partial charge in [0.05, 0.1) is 16.4 Å². The van der Waals surface area contributed by atoms with E-state index in [1.807, 2.05) is 22.6 Å². The molecule has 4 nitrogen and oxygen atoms in total. The molecule has 0 bridgehead atoms. The lowest BCUT2D eigenvalue weighted by Crippen LogP contribution is -2.36. The minimum absolute atomic E-state index is 0.107. The normalized spacial score (nSPS) is 14.5. The number of alkyl halides is 1. The highest BCUT2D eigenvalue weighted by molar-refractivity contribution is 14.1. The second-order valence-electron chi connectivity index (χ2n) is 3.44. The molecule has 0 aromatic rings.